The van der Waals surface area contributed by atoms with Crippen LogP contribution in [0, 0.1) is 0 Å². The molecular weight excluding hydrogens is 168 g/mol. The second-order valence-electron chi connectivity index (χ2n) is 1.42. The number of methoxy groups -OCH3 is 2. The summed E-state index contributed by atoms with van der Waals surface area (Å²) in [7, 11) is 2.30. The summed E-state index contributed by atoms with van der Waals surface area (Å²) in [6.07, 6.45) is -0.106. The summed E-state index contributed by atoms with van der Waals surface area (Å²) < 4.78 is 16.6. The molecule has 6 nitrogen and oxygen atoms in total. The van der Waals surface area contributed by atoms with Crippen LogP contribution < -0.4 is 0 Å². The van der Waals surface area contributed by atoms with E-state index in [0.29, 0.717) is 0 Å². The summed E-state index contributed by atoms with van der Waals surface area (Å²) in [5.74, 6) is 0. The van der Waals surface area contributed by atoms with E-state index >= 15 is 0 Å². The molecule has 0 fully saturated rings. The Balaban J connectivity index is 3.50. The van der Waals surface area contributed by atoms with Gasteiger partial charge in [-0.25, -0.2) is 9.59 Å². The molecule has 0 N–H and O–H groups in total. The Morgan fingerprint density at radius 2 is 1.25 bits per heavy atom. The molecule has 0 heterocycles. The van der Waals surface area contributed by atoms with Gasteiger partial charge in [0.2, 0.25) is 0 Å². The van der Waals surface area contributed by atoms with E-state index in [1.807, 2.05) is 0 Å². The molecule has 0 aliphatic rings. The van der Waals surface area contributed by atoms with Crippen LogP contribution in [-0.4, -0.2) is 26.5 Å². The molecule has 0 rings (SSSR count). The van der Waals surface area contributed by atoms with E-state index in [9.17, 15) is 9.59 Å². The van der Waals surface area contributed by atoms with Crippen LogP contribution in [0.3, 0.4) is 0 Å². The predicted octanol–water partition coefficient (Wildman–Crippen LogP) is 1.02. The fourth-order valence-corrected chi connectivity index (χ4v) is 0.263. The molecular formula is C6H8O6. The van der Waals surface area contributed by atoms with Crippen LogP contribution in [-0.2, 0) is 18.9 Å². The Bertz CT molecular complexity index is 164. The van der Waals surface area contributed by atoms with Gasteiger partial charge in [0.1, 0.15) is 12.5 Å². The molecule has 0 radical (unpaired) electrons. The van der Waals surface area contributed by atoms with Gasteiger partial charge in [0.15, 0.2) is 0 Å². The second-order valence-corrected chi connectivity index (χ2v) is 1.42. The first-order valence-corrected chi connectivity index (χ1v) is 2.85. The van der Waals surface area contributed by atoms with Crippen LogP contribution in [0.5, 0.6) is 0 Å². The van der Waals surface area contributed by atoms with Gasteiger partial charge in [0, 0.05) is 0 Å². The molecule has 0 aromatic carbocycles. The molecule has 68 valence electrons. The van der Waals surface area contributed by atoms with Crippen molar-refractivity contribution in [3.63, 3.8) is 0 Å². The standard InChI is InChI=1S/C6H8O6/c1-9-5(7)11-3-4-12-6(8)10-2/h3-4H,1-2H3/b4-3+. The Kier molecular flexibility index (Phi) is 5.16. The number of ether oxygens (including phenoxy) is 4. The van der Waals surface area contributed by atoms with Crippen LogP contribution in [0.1, 0.15) is 0 Å². The van der Waals surface area contributed by atoms with Gasteiger partial charge in [-0.2, -0.15) is 0 Å². The first-order valence-electron chi connectivity index (χ1n) is 2.85. The molecule has 0 aromatic rings. The van der Waals surface area contributed by atoms with Crippen molar-refractivity contribution in [1.82, 2.24) is 0 Å². The Hall–Kier alpha value is -1.72. The van der Waals surface area contributed by atoms with Crippen molar-refractivity contribution in [2.75, 3.05) is 14.2 Å². The fourth-order valence-electron chi connectivity index (χ4n) is 0.263. The van der Waals surface area contributed by atoms with Gasteiger partial charge < -0.3 is 18.9 Å². The quantitative estimate of drug-likeness (QED) is 0.462. The molecule has 0 bridgehead atoms. The zero-order valence-electron chi connectivity index (χ0n) is 6.60. The second kappa shape index (κ2) is 6.02. The van der Waals surface area contributed by atoms with Gasteiger partial charge in [-0.05, 0) is 0 Å². The number of carbonyl (C=O) groups excluding carboxylic acids is 2. The number of hydrogen-bond acceptors (Lipinski definition) is 6. The van der Waals surface area contributed by atoms with Gasteiger partial charge in [0.25, 0.3) is 0 Å². The molecule has 0 unspecified atom stereocenters. The molecule has 0 amide bonds. The highest BCUT2D eigenvalue weighted by atomic mass is 16.7. The minimum Gasteiger partial charge on any atom is -0.437 e. The van der Waals surface area contributed by atoms with Crippen molar-refractivity contribution in [2.24, 2.45) is 0 Å². The maximum absolute atomic E-state index is 10.3. The van der Waals surface area contributed by atoms with Crippen LogP contribution in [0.25, 0.3) is 0 Å². The van der Waals surface area contributed by atoms with E-state index < -0.39 is 12.3 Å². The summed E-state index contributed by atoms with van der Waals surface area (Å²) in [6.45, 7) is 0. The van der Waals surface area contributed by atoms with Crippen molar-refractivity contribution in [3.8, 4) is 0 Å². The smallest absolute Gasteiger partial charge is 0.437 e. The van der Waals surface area contributed by atoms with Gasteiger partial charge in [-0.15, -0.1) is 0 Å². The average molecular weight is 176 g/mol. The Morgan fingerprint density at radius 3 is 1.50 bits per heavy atom. The largest absolute Gasteiger partial charge is 0.513 e. The highest BCUT2D eigenvalue weighted by Gasteiger charge is 1.97. The summed E-state index contributed by atoms with van der Waals surface area (Å²) >= 11 is 0. The summed E-state index contributed by atoms with van der Waals surface area (Å²) in [4.78, 5) is 20.5. The van der Waals surface area contributed by atoms with Gasteiger partial charge in [0.05, 0.1) is 14.2 Å². The topological polar surface area (TPSA) is 71.1 Å². The molecule has 12 heavy (non-hydrogen) atoms. The van der Waals surface area contributed by atoms with Crippen LogP contribution in [0.2, 0.25) is 0 Å². The van der Waals surface area contributed by atoms with Crippen molar-refractivity contribution < 1.29 is 28.5 Å². The lowest BCUT2D eigenvalue weighted by Gasteiger charge is -1.95. The third-order valence-corrected chi connectivity index (χ3v) is 0.717. The van der Waals surface area contributed by atoms with Gasteiger partial charge in [-0.1, -0.05) is 0 Å². The first kappa shape index (κ1) is 10.3. The molecule has 0 saturated carbocycles. The van der Waals surface area contributed by atoms with Crippen LogP contribution in [0.15, 0.2) is 12.5 Å². The molecule has 0 spiro atoms. The highest BCUT2D eigenvalue weighted by Crippen LogP contribution is 1.87. The lowest BCUT2D eigenvalue weighted by atomic mass is 11.0. The Morgan fingerprint density at radius 1 is 0.917 bits per heavy atom. The SMILES string of the molecule is COC(=O)O/C=C/OC(=O)OC. The van der Waals surface area contributed by atoms with E-state index in [-0.39, 0.29) is 0 Å². The lowest BCUT2D eigenvalue weighted by molar-refractivity contribution is 0.0930. The summed E-state index contributed by atoms with van der Waals surface area (Å²) in [5.41, 5.74) is 0. The van der Waals surface area contributed by atoms with E-state index in [1.165, 1.54) is 0 Å². The molecule has 0 aliphatic carbocycles. The average Bonchev–Trinajstić information content (AvgIpc) is 2.11. The van der Waals surface area contributed by atoms with Crippen molar-refractivity contribution >= 4 is 12.3 Å². The molecule has 0 aromatic heterocycles. The summed E-state index contributed by atoms with van der Waals surface area (Å²) in [6, 6.07) is 0. The number of carbonyl (C=O) groups is 2. The Labute approximate surface area is 68.7 Å². The van der Waals surface area contributed by atoms with Gasteiger partial charge in [-0.3, -0.25) is 0 Å². The highest BCUT2D eigenvalue weighted by molar-refractivity contribution is 5.61. The number of rotatable bonds is 2. The monoisotopic (exact) mass is 176 g/mol. The molecule has 6 heteroatoms. The zero-order chi connectivity index (χ0) is 9.40. The predicted molar refractivity (Wildman–Crippen MR) is 36.1 cm³/mol. The third kappa shape index (κ3) is 5.10. The van der Waals surface area contributed by atoms with E-state index in [0.717, 1.165) is 26.7 Å². The summed E-state index contributed by atoms with van der Waals surface area (Å²) in [5, 5.41) is 0. The fraction of sp³-hybridized carbons (Fsp3) is 0.333. The normalized spacial score (nSPS) is 9.17. The third-order valence-electron chi connectivity index (χ3n) is 0.717. The van der Waals surface area contributed by atoms with Crippen LogP contribution in [0.4, 0.5) is 9.59 Å². The van der Waals surface area contributed by atoms with Crippen molar-refractivity contribution in [1.29, 1.82) is 0 Å². The van der Waals surface area contributed by atoms with E-state index in [2.05, 4.69) is 18.9 Å². The first-order chi connectivity index (χ1) is 5.70. The van der Waals surface area contributed by atoms with Gasteiger partial charge >= 0.3 is 12.3 Å². The maximum Gasteiger partial charge on any atom is 0.513 e. The van der Waals surface area contributed by atoms with Crippen LogP contribution >= 0.6 is 0 Å². The number of hydrogen-bond donors (Lipinski definition) is 0. The minimum atomic E-state index is -0.903. The maximum atomic E-state index is 10.3. The van der Waals surface area contributed by atoms with E-state index in [4.69, 9.17) is 0 Å². The van der Waals surface area contributed by atoms with Crippen molar-refractivity contribution in [3.05, 3.63) is 12.5 Å². The molecule has 0 saturated heterocycles. The molecule has 0 aliphatic heterocycles. The minimum absolute atomic E-state index is 0.850. The van der Waals surface area contributed by atoms with E-state index in [1.54, 1.807) is 0 Å². The molecule has 0 atom stereocenters. The zero-order valence-corrected chi connectivity index (χ0v) is 6.60. The van der Waals surface area contributed by atoms with Crippen molar-refractivity contribution in [2.45, 2.75) is 0 Å². The lowest BCUT2D eigenvalue weighted by Crippen LogP contribution is -2.00.